The number of pyridine rings is 1. The van der Waals surface area contributed by atoms with Crippen molar-refractivity contribution >= 4 is 46.9 Å². The molecule has 0 amide bonds. The van der Waals surface area contributed by atoms with Crippen LogP contribution in [0.1, 0.15) is 29.4 Å². The van der Waals surface area contributed by atoms with Gasteiger partial charge in [-0.2, -0.15) is 10.2 Å². The molecule has 3 aromatic rings. The number of nitrogens with two attached hydrogens (primary N) is 2. The molecule has 212 valence electrons. The molecule has 3 aromatic heterocycles. The molecule has 0 radical (unpaired) electrons. The molecule has 0 aliphatic carbocycles. The van der Waals surface area contributed by atoms with Gasteiger partial charge in [0, 0.05) is 30.8 Å². The lowest BCUT2D eigenvalue weighted by atomic mass is 9.93. The molecule has 0 saturated carbocycles. The summed E-state index contributed by atoms with van der Waals surface area (Å²) in [5, 5.41) is 27.6. The number of rotatable bonds is 6. The van der Waals surface area contributed by atoms with Crippen LogP contribution in [0.25, 0.3) is 5.52 Å². The van der Waals surface area contributed by atoms with Crippen LogP contribution in [0.4, 0.5) is 16.2 Å². The van der Waals surface area contributed by atoms with Crippen LogP contribution in [0, 0.1) is 18.3 Å². The Morgan fingerprint density at radius 2 is 2.23 bits per heavy atom. The summed E-state index contributed by atoms with van der Waals surface area (Å²) >= 11 is 2.82. The van der Waals surface area contributed by atoms with Crippen molar-refractivity contribution in [2.45, 2.75) is 49.4 Å². The van der Waals surface area contributed by atoms with E-state index in [-0.39, 0.29) is 41.9 Å². The summed E-state index contributed by atoms with van der Waals surface area (Å²) in [4.78, 5) is 19.3. The molecule has 2 unspecified atom stereocenters. The molecule has 40 heavy (non-hydrogen) atoms. The highest BCUT2D eigenvalue weighted by atomic mass is 79.9. The minimum absolute atomic E-state index is 0.00691. The molecule has 0 spiro atoms. The molecule has 5 rings (SSSR count). The van der Waals surface area contributed by atoms with Crippen LogP contribution in [-0.2, 0) is 42.1 Å². The number of ether oxygens (including phenoxy) is 2. The van der Waals surface area contributed by atoms with Gasteiger partial charge >= 0.3 is 13.7 Å². The fourth-order valence-electron chi connectivity index (χ4n) is 4.49. The van der Waals surface area contributed by atoms with E-state index in [4.69, 9.17) is 30.0 Å². The normalized spacial score (nSPS) is 29.5. The van der Waals surface area contributed by atoms with Crippen molar-refractivity contribution in [1.29, 1.82) is 5.26 Å². The number of halogens is 2. The molecular weight excluding hydrogens is 618 g/mol. The van der Waals surface area contributed by atoms with E-state index in [2.05, 4.69) is 36.1 Å². The molecule has 18 heteroatoms. The van der Waals surface area contributed by atoms with Crippen molar-refractivity contribution in [3.05, 3.63) is 40.8 Å². The molecule has 1 fully saturated rings. The van der Waals surface area contributed by atoms with Crippen molar-refractivity contribution in [3.63, 3.8) is 0 Å². The number of carbonyl (C=O) groups excluding carboxylic acids is 1. The van der Waals surface area contributed by atoms with E-state index >= 15 is 4.39 Å². The molecule has 15 nitrogen and oxygen atoms in total. The summed E-state index contributed by atoms with van der Waals surface area (Å²) in [5.41, 5.74) is 10.7. The summed E-state index contributed by atoms with van der Waals surface area (Å²) in [6, 6.07) is 4.55. The van der Waals surface area contributed by atoms with Gasteiger partial charge in [0.2, 0.25) is 16.1 Å². The van der Waals surface area contributed by atoms with Gasteiger partial charge < -0.3 is 30.6 Å². The Labute approximate surface area is 234 Å². The second kappa shape index (κ2) is 9.91. The van der Waals surface area contributed by atoms with Gasteiger partial charge in [-0.1, -0.05) is 0 Å². The van der Waals surface area contributed by atoms with Gasteiger partial charge in [0.1, 0.15) is 30.4 Å². The van der Waals surface area contributed by atoms with Crippen LogP contribution in [-0.4, -0.2) is 54.1 Å². The van der Waals surface area contributed by atoms with Gasteiger partial charge in [-0.05, 0) is 35.0 Å². The van der Waals surface area contributed by atoms with Crippen molar-refractivity contribution in [2.75, 3.05) is 18.1 Å². The molecule has 2 aliphatic heterocycles. The van der Waals surface area contributed by atoms with Gasteiger partial charge in [0.05, 0.1) is 18.0 Å². The summed E-state index contributed by atoms with van der Waals surface area (Å²) in [6.07, 6.45) is -1.97. The Morgan fingerprint density at radius 3 is 2.92 bits per heavy atom. The van der Waals surface area contributed by atoms with Crippen LogP contribution in [0.5, 0.6) is 5.75 Å². The van der Waals surface area contributed by atoms with E-state index in [1.165, 1.54) is 25.3 Å². The zero-order valence-electron chi connectivity index (χ0n) is 21.0. The van der Waals surface area contributed by atoms with E-state index in [9.17, 15) is 19.7 Å². The predicted molar refractivity (Wildman–Crippen MR) is 138 cm³/mol. The molecule has 5 heterocycles. The Kier molecular flexibility index (Phi) is 6.97. The fraction of sp³-hybridized carbons (Fsp3) is 0.409. The number of aryl methyl sites for hydroxylation is 1. The number of hydrogen-bond acceptors (Lipinski definition) is 13. The maximum atomic E-state index is 16.1. The number of aliphatic hydroxyl groups is 1. The zero-order chi connectivity index (χ0) is 29.0. The Balaban J connectivity index is 1.39. The molecule has 5 atom stereocenters. The number of aliphatic hydroxyl groups excluding tert-OH is 1. The molecule has 6 N–H and O–H groups in total. The lowest BCUT2D eigenvalue weighted by molar-refractivity contribution is -0.142. The molecule has 2 aliphatic rings. The largest absolute Gasteiger partial charge is 0.461 e. The fourth-order valence-corrected chi connectivity index (χ4v) is 6.56. The highest BCUT2D eigenvalue weighted by molar-refractivity contribution is 9.10. The monoisotopic (exact) mass is 640 g/mol. The van der Waals surface area contributed by atoms with Crippen LogP contribution in [0.2, 0.25) is 0 Å². The van der Waals surface area contributed by atoms with Gasteiger partial charge in [-0.3, -0.25) is 14.3 Å². The minimum atomic E-state index is -4.08. The average Bonchev–Trinajstić information content (AvgIpc) is 3.40. The maximum absolute atomic E-state index is 16.1. The van der Waals surface area contributed by atoms with E-state index in [0.717, 1.165) is 4.52 Å². The predicted octanol–water partition coefficient (Wildman–Crippen LogP) is 1.51. The number of nitrogens with zero attached hydrogens (tertiary/aromatic N) is 5. The molecule has 0 bridgehead atoms. The Morgan fingerprint density at radius 1 is 1.48 bits per heavy atom. The van der Waals surface area contributed by atoms with E-state index < -0.39 is 42.7 Å². The molecular formula is C22H23BrFN8O7P. The summed E-state index contributed by atoms with van der Waals surface area (Å²) in [7, 11) is -4.08. The topological polar surface area (TPSA) is 222 Å². The number of anilines is 2. The lowest BCUT2D eigenvalue weighted by Gasteiger charge is -2.29. The number of alkyl halides is 2. The first-order valence-corrected chi connectivity index (χ1v) is 14.0. The van der Waals surface area contributed by atoms with E-state index in [0.29, 0.717) is 16.8 Å². The van der Waals surface area contributed by atoms with Gasteiger partial charge in [0.25, 0.3) is 0 Å². The smallest absolute Gasteiger partial charge is 0.459 e. The van der Waals surface area contributed by atoms with E-state index in [1.54, 1.807) is 13.0 Å². The van der Waals surface area contributed by atoms with Crippen molar-refractivity contribution in [2.24, 2.45) is 0 Å². The number of esters is 1. The standard InChI is InChI=1S/C22H23BrFN8O7P/c1-10-17-13(12(5-28-10)7-36-11(2)33)6-29-40(35,39-17)37-8-15-18(34)22(23,24)21(9-25,38-15)16-4-3-14-19(26)30-20(27)31-32(14)16/h3-5,15,18,34H,6-8H2,1-2H3,(H,29,35)(H4,26,27,30,31)/t15-,18+,21+,22?,40?/m1/s1. The number of carbonyl (C=O) groups is 1. The first-order valence-electron chi connectivity index (χ1n) is 11.7. The van der Waals surface area contributed by atoms with Crippen LogP contribution in [0.15, 0.2) is 18.3 Å². The van der Waals surface area contributed by atoms with Gasteiger partial charge in [0.15, 0.2) is 11.6 Å². The third-order valence-electron chi connectivity index (χ3n) is 6.50. The average molecular weight is 641 g/mol. The third kappa shape index (κ3) is 4.46. The number of nitriles is 1. The van der Waals surface area contributed by atoms with Crippen molar-refractivity contribution < 1.29 is 37.4 Å². The summed E-state index contributed by atoms with van der Waals surface area (Å²) < 4.78 is 49.7. The Hall–Kier alpha value is -3.39. The summed E-state index contributed by atoms with van der Waals surface area (Å²) in [5.74, 6) is -0.586. The first kappa shape index (κ1) is 28.1. The third-order valence-corrected chi connectivity index (χ3v) is 8.98. The molecule has 1 saturated heterocycles. The Bertz CT molecular complexity index is 1610. The highest BCUT2D eigenvalue weighted by Crippen LogP contribution is 2.55. The SMILES string of the molecule is CC(=O)OCc1cnc(C)c2c1CNP(=O)(OC[C@H]1O[C@@](C#N)(c3ccc4c(N)nc(N)nn34)C(F)(Br)[C@H]1O)O2. The zero-order valence-corrected chi connectivity index (χ0v) is 23.5. The van der Waals surface area contributed by atoms with Crippen LogP contribution >= 0.6 is 23.7 Å². The van der Waals surface area contributed by atoms with Gasteiger partial charge in [-0.25, -0.2) is 18.6 Å². The number of nitrogen functional groups attached to an aromatic ring is 2. The van der Waals surface area contributed by atoms with Crippen LogP contribution in [0.3, 0.4) is 0 Å². The maximum Gasteiger partial charge on any atom is 0.459 e. The van der Waals surface area contributed by atoms with E-state index in [1.807, 2.05) is 0 Å². The number of nitrogens with one attached hydrogen (secondary N) is 1. The summed E-state index contributed by atoms with van der Waals surface area (Å²) in [6.45, 7) is 2.18. The minimum Gasteiger partial charge on any atom is -0.461 e. The quantitative estimate of drug-likeness (QED) is 0.170. The highest BCUT2D eigenvalue weighted by Gasteiger charge is 2.69. The number of fused-ring (bicyclic) bond motifs is 2. The van der Waals surface area contributed by atoms with Crippen LogP contribution < -0.4 is 21.1 Å². The molecule has 0 aromatic carbocycles. The number of aromatic nitrogens is 4. The second-order valence-corrected chi connectivity index (χ2v) is 12.0. The van der Waals surface area contributed by atoms with Gasteiger partial charge in [-0.15, -0.1) is 5.10 Å². The first-order chi connectivity index (χ1) is 18.8. The number of hydrogen-bond donors (Lipinski definition) is 4. The van der Waals surface area contributed by atoms with Crippen molar-refractivity contribution in [1.82, 2.24) is 24.7 Å². The van der Waals surface area contributed by atoms with Crippen molar-refractivity contribution in [3.8, 4) is 11.8 Å². The second-order valence-electron chi connectivity index (χ2n) is 9.06. The lowest BCUT2D eigenvalue weighted by Crippen LogP contribution is -2.46.